The van der Waals surface area contributed by atoms with Crippen LogP contribution in [0, 0.1) is 0 Å². The summed E-state index contributed by atoms with van der Waals surface area (Å²) in [5.41, 5.74) is 0. The molecule has 0 aromatic rings. The second-order valence-electron chi connectivity index (χ2n) is 22.7. The van der Waals surface area contributed by atoms with Crippen LogP contribution in [0.3, 0.4) is 0 Å². The molecule has 2 N–H and O–H groups in total. The normalized spacial score (nSPS) is 14.4. The quantitative estimate of drug-likeness (QED) is 0.0272. The van der Waals surface area contributed by atoms with Crippen molar-refractivity contribution in [2.75, 3.05) is 40.9 Å². The van der Waals surface area contributed by atoms with E-state index in [1.54, 1.807) is 6.08 Å². The molecule has 0 aromatic carbocycles. The van der Waals surface area contributed by atoms with Crippen LogP contribution >= 0.6 is 7.82 Å². The van der Waals surface area contributed by atoms with Gasteiger partial charge in [0.05, 0.1) is 39.9 Å². The van der Waals surface area contributed by atoms with Crippen molar-refractivity contribution < 1.29 is 32.9 Å². The molecule has 0 saturated heterocycles. The van der Waals surface area contributed by atoms with Crippen LogP contribution in [0.25, 0.3) is 0 Å². The van der Waals surface area contributed by atoms with E-state index in [1.165, 1.54) is 173 Å². The van der Waals surface area contributed by atoms with E-state index in [0.29, 0.717) is 17.4 Å². The van der Waals surface area contributed by atoms with Gasteiger partial charge in [0, 0.05) is 6.42 Å². The van der Waals surface area contributed by atoms with E-state index in [4.69, 9.17) is 9.05 Å². The number of hydrogen-bond acceptors (Lipinski definition) is 6. The zero-order chi connectivity index (χ0) is 56.3. The van der Waals surface area contributed by atoms with Crippen LogP contribution in [0.15, 0.2) is 97.2 Å². The first-order chi connectivity index (χ1) is 37.5. The number of quaternary nitrogens is 1. The highest BCUT2D eigenvalue weighted by Gasteiger charge is 2.23. The molecule has 1 amide bonds. The molecule has 0 rings (SSSR count). The van der Waals surface area contributed by atoms with Gasteiger partial charge in [-0.15, -0.1) is 0 Å². The molecule has 3 atom stereocenters. The summed E-state index contributed by atoms with van der Waals surface area (Å²) in [4.78, 5) is 25.6. The topological polar surface area (TPSA) is 108 Å². The second-order valence-corrected chi connectivity index (χ2v) is 24.1. The Morgan fingerprint density at radius 2 is 0.792 bits per heavy atom. The third-order valence-electron chi connectivity index (χ3n) is 14.0. The number of carbonyl (C=O) groups excluding carboxylic acids is 1. The zero-order valence-corrected chi connectivity index (χ0v) is 51.8. The summed E-state index contributed by atoms with van der Waals surface area (Å²) in [5.74, 6) is -0.202. The van der Waals surface area contributed by atoms with E-state index in [9.17, 15) is 19.4 Å². The highest BCUT2D eigenvalue weighted by molar-refractivity contribution is 7.45. The van der Waals surface area contributed by atoms with Gasteiger partial charge < -0.3 is 28.8 Å². The number of likely N-dealkylation sites (N-methyl/N-ethyl adjacent to an activating group) is 1. The van der Waals surface area contributed by atoms with Crippen LogP contribution in [0.5, 0.6) is 0 Å². The number of aliphatic hydroxyl groups excluding tert-OH is 1. The summed E-state index contributed by atoms with van der Waals surface area (Å²) < 4.78 is 23.4. The summed E-state index contributed by atoms with van der Waals surface area (Å²) >= 11 is 0. The van der Waals surface area contributed by atoms with E-state index in [-0.39, 0.29) is 19.1 Å². The molecule has 9 heteroatoms. The highest BCUT2D eigenvalue weighted by atomic mass is 31.2. The molecule has 0 radical (unpaired) electrons. The first-order valence-corrected chi connectivity index (χ1v) is 33.6. The second kappa shape index (κ2) is 58.1. The number of amides is 1. The van der Waals surface area contributed by atoms with Gasteiger partial charge in [0.25, 0.3) is 7.82 Å². The van der Waals surface area contributed by atoms with Crippen molar-refractivity contribution in [2.45, 2.75) is 289 Å². The van der Waals surface area contributed by atoms with Gasteiger partial charge in [-0.3, -0.25) is 9.36 Å². The number of allylic oxidation sites excluding steroid dienone is 15. The highest BCUT2D eigenvalue weighted by Crippen LogP contribution is 2.38. The van der Waals surface area contributed by atoms with Crippen LogP contribution in [0.1, 0.15) is 277 Å². The van der Waals surface area contributed by atoms with E-state index in [1.807, 2.05) is 27.2 Å². The summed E-state index contributed by atoms with van der Waals surface area (Å²) in [5, 5.41) is 13.9. The minimum absolute atomic E-state index is 0.00498. The fraction of sp³-hybridized carbons (Fsp3) is 0.750. The minimum Gasteiger partial charge on any atom is -0.756 e. The Hall–Kier alpha value is -2.58. The van der Waals surface area contributed by atoms with Crippen molar-refractivity contribution in [3.05, 3.63) is 97.2 Å². The zero-order valence-electron chi connectivity index (χ0n) is 50.9. The number of unbranched alkanes of at least 4 members (excludes halogenated alkanes) is 31. The molecule has 0 spiro atoms. The summed E-state index contributed by atoms with van der Waals surface area (Å²) in [6, 6.07) is -0.895. The van der Waals surface area contributed by atoms with E-state index in [2.05, 4.69) is 104 Å². The number of nitrogens with zero attached hydrogens (tertiary/aromatic N) is 1. The van der Waals surface area contributed by atoms with Crippen LogP contribution in [-0.4, -0.2) is 68.5 Å². The van der Waals surface area contributed by atoms with E-state index >= 15 is 0 Å². The van der Waals surface area contributed by atoms with Gasteiger partial charge in [0.2, 0.25) is 5.91 Å². The molecule has 0 fully saturated rings. The van der Waals surface area contributed by atoms with Crippen molar-refractivity contribution in [2.24, 2.45) is 0 Å². The molecule has 0 saturated carbocycles. The number of carbonyl (C=O) groups is 1. The standard InChI is InChI=1S/C68H123N2O6P/c1-6-8-10-12-14-16-18-20-22-24-26-28-30-31-32-33-34-35-36-37-38-39-40-42-44-46-48-50-52-54-56-58-60-62-68(72)69-66(65-76-77(73,74)75-64-63-70(3,4)5)67(71)61-59-57-55-53-51-49-47-45-43-41-29-27-25-23-21-19-17-15-13-11-9-7-2/h8,10,14,16,20,22,26,28,31-32,34-35,37-38,59,61,66-67,71H,6-7,9,11-13,15,17-19,21,23-25,27,29-30,33,36,39-58,60,62-65H2,1-5H3,(H-,69,72,73,74)/b10-8-,16-14-,22-20-,28-26-,32-31-,35-34-,38-37-,61-59+. The maximum Gasteiger partial charge on any atom is 0.268 e. The molecule has 446 valence electrons. The van der Waals surface area contributed by atoms with E-state index < -0.39 is 20.0 Å². The molecule has 0 bridgehead atoms. The Labute approximate surface area is 477 Å². The fourth-order valence-electron chi connectivity index (χ4n) is 9.08. The predicted octanol–water partition coefficient (Wildman–Crippen LogP) is 19.5. The Morgan fingerprint density at radius 1 is 0.468 bits per heavy atom. The molecule has 8 nitrogen and oxygen atoms in total. The number of phosphoric ester groups is 1. The van der Waals surface area contributed by atoms with E-state index in [0.717, 1.165) is 83.5 Å². The minimum atomic E-state index is -4.61. The lowest BCUT2D eigenvalue weighted by atomic mass is 10.0. The van der Waals surface area contributed by atoms with Crippen LogP contribution < -0.4 is 10.2 Å². The molecule has 0 aliphatic heterocycles. The van der Waals surface area contributed by atoms with Gasteiger partial charge in [0.15, 0.2) is 0 Å². The number of phosphoric acid groups is 1. The van der Waals surface area contributed by atoms with Crippen molar-refractivity contribution in [3.63, 3.8) is 0 Å². The first kappa shape index (κ1) is 74.4. The van der Waals surface area contributed by atoms with Gasteiger partial charge in [0.1, 0.15) is 13.2 Å². The van der Waals surface area contributed by atoms with Crippen molar-refractivity contribution >= 4 is 13.7 Å². The van der Waals surface area contributed by atoms with Crippen LogP contribution in [0.2, 0.25) is 0 Å². The van der Waals surface area contributed by atoms with Gasteiger partial charge >= 0.3 is 0 Å². The molecule has 77 heavy (non-hydrogen) atoms. The summed E-state index contributed by atoms with van der Waals surface area (Å²) in [7, 11) is 1.26. The molecule has 0 heterocycles. The first-order valence-electron chi connectivity index (χ1n) is 32.1. The summed E-state index contributed by atoms with van der Waals surface area (Å²) in [6.45, 7) is 4.55. The smallest absolute Gasteiger partial charge is 0.268 e. The summed E-state index contributed by atoms with van der Waals surface area (Å²) in [6.07, 6.45) is 83.5. The van der Waals surface area contributed by atoms with Crippen molar-refractivity contribution in [3.8, 4) is 0 Å². The van der Waals surface area contributed by atoms with Crippen LogP contribution in [-0.2, 0) is 18.4 Å². The lowest BCUT2D eigenvalue weighted by Crippen LogP contribution is -2.45. The van der Waals surface area contributed by atoms with Gasteiger partial charge in [-0.05, 0) is 77.0 Å². The predicted molar refractivity (Wildman–Crippen MR) is 334 cm³/mol. The molecule has 0 aromatic heterocycles. The number of hydrogen-bond donors (Lipinski definition) is 2. The maximum absolute atomic E-state index is 13.0. The number of aliphatic hydroxyl groups is 1. The van der Waals surface area contributed by atoms with Gasteiger partial charge in [-0.1, -0.05) is 291 Å². The third kappa shape index (κ3) is 60.9. The molecule has 0 aliphatic carbocycles. The Bertz CT molecular complexity index is 1570. The van der Waals surface area contributed by atoms with Crippen molar-refractivity contribution in [1.29, 1.82) is 0 Å². The SMILES string of the molecule is CC/C=C\C/C=C\C/C=C\C/C=C\C/C=C\C/C=C\C/C=C\CCCCCCCCCCCCCC(=O)NC(COP(=O)([O-])OCC[N+](C)(C)C)C(O)/C=C/CCCCCCCCCCCCCCCCCCCCCC. The number of rotatable bonds is 58. The van der Waals surface area contributed by atoms with Gasteiger partial charge in [-0.2, -0.15) is 0 Å². The van der Waals surface area contributed by atoms with Crippen LogP contribution in [0.4, 0.5) is 0 Å². The van der Waals surface area contributed by atoms with Crippen molar-refractivity contribution in [1.82, 2.24) is 5.32 Å². The van der Waals surface area contributed by atoms with Gasteiger partial charge in [-0.25, -0.2) is 0 Å². The molecular weight excluding hydrogens is 972 g/mol. The Balaban J connectivity index is 4.16. The Kier molecular flexibility index (Phi) is 56.1. The lowest BCUT2D eigenvalue weighted by molar-refractivity contribution is -0.870. The largest absolute Gasteiger partial charge is 0.756 e. The molecular formula is C68H123N2O6P. The Morgan fingerprint density at radius 3 is 1.16 bits per heavy atom. The fourth-order valence-corrected chi connectivity index (χ4v) is 9.80. The average Bonchev–Trinajstić information content (AvgIpc) is 3.39. The average molecular weight is 1100 g/mol. The maximum atomic E-state index is 13.0. The molecule has 3 unspecified atom stereocenters. The number of nitrogens with one attached hydrogen (secondary N) is 1. The lowest BCUT2D eigenvalue weighted by Gasteiger charge is -2.29. The third-order valence-corrected chi connectivity index (χ3v) is 15.0. The monoisotopic (exact) mass is 1090 g/mol. The molecule has 0 aliphatic rings.